The highest BCUT2D eigenvalue weighted by atomic mass is 19.1. The Labute approximate surface area is 156 Å². The van der Waals surface area contributed by atoms with Gasteiger partial charge in [-0.05, 0) is 42.8 Å². The first-order valence-corrected chi connectivity index (χ1v) is 8.64. The lowest BCUT2D eigenvalue weighted by Crippen LogP contribution is -2.13. The lowest BCUT2D eigenvalue weighted by Gasteiger charge is -2.11. The Balaban J connectivity index is 1.79. The standard InChI is InChI=1S/C23H17FN2O/c1-15-13-17(11-12-20(15)24)25-23(27)19-14-22(16-7-3-2-4-8-16)26-21-10-6-5-9-18(19)21/h2-14H,1H3,(H,25,27). The number of fused-ring (bicyclic) bond motifs is 1. The number of anilines is 1. The van der Waals surface area contributed by atoms with E-state index in [1.54, 1.807) is 25.1 Å². The van der Waals surface area contributed by atoms with Crippen LogP contribution in [0.1, 0.15) is 15.9 Å². The minimum atomic E-state index is -0.297. The number of pyridine rings is 1. The van der Waals surface area contributed by atoms with E-state index >= 15 is 0 Å². The number of rotatable bonds is 3. The topological polar surface area (TPSA) is 42.0 Å². The highest BCUT2D eigenvalue weighted by Crippen LogP contribution is 2.25. The zero-order chi connectivity index (χ0) is 18.8. The zero-order valence-electron chi connectivity index (χ0n) is 14.7. The Hall–Kier alpha value is -3.53. The van der Waals surface area contributed by atoms with Crippen LogP contribution < -0.4 is 5.32 Å². The second-order valence-electron chi connectivity index (χ2n) is 6.36. The molecule has 0 bridgehead atoms. The van der Waals surface area contributed by atoms with Crippen molar-refractivity contribution < 1.29 is 9.18 Å². The van der Waals surface area contributed by atoms with Crippen molar-refractivity contribution >= 4 is 22.5 Å². The Kier molecular flexibility index (Phi) is 4.38. The third kappa shape index (κ3) is 3.42. The van der Waals surface area contributed by atoms with Crippen LogP contribution in [-0.2, 0) is 0 Å². The first-order chi connectivity index (χ1) is 13.1. The molecule has 0 saturated carbocycles. The number of aryl methyl sites for hydroxylation is 1. The molecular weight excluding hydrogens is 339 g/mol. The van der Waals surface area contributed by atoms with Crippen LogP contribution in [0.25, 0.3) is 22.2 Å². The maximum atomic E-state index is 13.5. The quantitative estimate of drug-likeness (QED) is 0.519. The summed E-state index contributed by atoms with van der Waals surface area (Å²) >= 11 is 0. The van der Waals surface area contributed by atoms with Gasteiger partial charge in [-0.3, -0.25) is 4.79 Å². The first-order valence-electron chi connectivity index (χ1n) is 8.64. The predicted molar refractivity (Wildman–Crippen MR) is 106 cm³/mol. The van der Waals surface area contributed by atoms with Crippen molar-refractivity contribution in [1.29, 1.82) is 0 Å². The van der Waals surface area contributed by atoms with Crippen LogP contribution in [-0.4, -0.2) is 10.9 Å². The molecule has 132 valence electrons. The molecule has 4 aromatic rings. The van der Waals surface area contributed by atoms with Crippen molar-refractivity contribution in [3.05, 3.63) is 95.8 Å². The van der Waals surface area contributed by atoms with Gasteiger partial charge in [0.05, 0.1) is 16.8 Å². The SMILES string of the molecule is Cc1cc(NC(=O)c2cc(-c3ccccc3)nc3ccccc23)ccc1F. The zero-order valence-corrected chi connectivity index (χ0v) is 14.7. The Bertz CT molecular complexity index is 1140. The molecule has 0 aliphatic heterocycles. The van der Waals surface area contributed by atoms with Gasteiger partial charge in [-0.2, -0.15) is 0 Å². The summed E-state index contributed by atoms with van der Waals surface area (Å²) in [4.78, 5) is 17.7. The summed E-state index contributed by atoms with van der Waals surface area (Å²) in [7, 11) is 0. The summed E-state index contributed by atoms with van der Waals surface area (Å²) in [5.41, 5.74) is 3.99. The summed E-state index contributed by atoms with van der Waals surface area (Å²) in [6.45, 7) is 1.67. The van der Waals surface area contributed by atoms with Crippen molar-refractivity contribution in [2.45, 2.75) is 6.92 Å². The number of nitrogens with zero attached hydrogens (tertiary/aromatic N) is 1. The lowest BCUT2D eigenvalue weighted by atomic mass is 10.0. The van der Waals surface area contributed by atoms with Crippen LogP contribution in [0.2, 0.25) is 0 Å². The van der Waals surface area contributed by atoms with E-state index in [9.17, 15) is 9.18 Å². The Morgan fingerprint density at radius 2 is 1.67 bits per heavy atom. The molecule has 0 spiro atoms. The number of nitrogens with one attached hydrogen (secondary N) is 1. The summed E-state index contributed by atoms with van der Waals surface area (Å²) in [5.74, 6) is -0.550. The minimum Gasteiger partial charge on any atom is -0.322 e. The van der Waals surface area contributed by atoms with Gasteiger partial charge in [-0.1, -0.05) is 48.5 Å². The van der Waals surface area contributed by atoms with Crippen molar-refractivity contribution in [3.63, 3.8) is 0 Å². The Morgan fingerprint density at radius 3 is 2.44 bits per heavy atom. The number of benzene rings is 3. The van der Waals surface area contributed by atoms with E-state index in [0.29, 0.717) is 16.8 Å². The van der Waals surface area contributed by atoms with Crippen molar-refractivity contribution in [2.24, 2.45) is 0 Å². The number of hydrogen-bond acceptors (Lipinski definition) is 2. The summed E-state index contributed by atoms with van der Waals surface area (Å²) in [6.07, 6.45) is 0. The van der Waals surface area contributed by atoms with Gasteiger partial charge in [-0.15, -0.1) is 0 Å². The van der Waals surface area contributed by atoms with Gasteiger partial charge in [-0.25, -0.2) is 9.37 Å². The summed E-state index contributed by atoms with van der Waals surface area (Å²) < 4.78 is 13.5. The number of amides is 1. The fraction of sp³-hybridized carbons (Fsp3) is 0.0435. The molecule has 0 saturated heterocycles. The smallest absolute Gasteiger partial charge is 0.256 e. The number of carbonyl (C=O) groups is 1. The van der Waals surface area contributed by atoms with Gasteiger partial charge in [0.25, 0.3) is 5.91 Å². The van der Waals surface area contributed by atoms with E-state index in [1.807, 2.05) is 54.6 Å². The third-order valence-corrected chi connectivity index (χ3v) is 4.45. The van der Waals surface area contributed by atoms with E-state index in [-0.39, 0.29) is 11.7 Å². The van der Waals surface area contributed by atoms with Crippen LogP contribution in [0.4, 0.5) is 10.1 Å². The van der Waals surface area contributed by atoms with Crippen molar-refractivity contribution in [1.82, 2.24) is 4.98 Å². The van der Waals surface area contributed by atoms with Crippen molar-refractivity contribution in [2.75, 3.05) is 5.32 Å². The maximum absolute atomic E-state index is 13.5. The van der Waals surface area contributed by atoms with Gasteiger partial charge < -0.3 is 5.32 Å². The van der Waals surface area contributed by atoms with Crippen LogP contribution in [0.5, 0.6) is 0 Å². The molecular formula is C23H17FN2O. The minimum absolute atomic E-state index is 0.253. The molecule has 0 fully saturated rings. The van der Waals surface area contributed by atoms with Gasteiger partial charge in [0.15, 0.2) is 0 Å². The molecule has 4 rings (SSSR count). The normalized spacial score (nSPS) is 10.7. The summed E-state index contributed by atoms with van der Waals surface area (Å²) in [5, 5.41) is 3.64. The van der Waals surface area contributed by atoms with Crippen LogP contribution in [0.15, 0.2) is 78.9 Å². The fourth-order valence-electron chi connectivity index (χ4n) is 3.04. The Morgan fingerprint density at radius 1 is 0.926 bits per heavy atom. The average molecular weight is 356 g/mol. The van der Waals surface area contributed by atoms with Crippen LogP contribution >= 0.6 is 0 Å². The number of aromatic nitrogens is 1. The molecule has 0 unspecified atom stereocenters. The van der Waals surface area contributed by atoms with Gasteiger partial charge >= 0.3 is 0 Å². The van der Waals surface area contributed by atoms with E-state index in [2.05, 4.69) is 5.32 Å². The molecule has 0 aliphatic rings. The summed E-state index contributed by atoms with van der Waals surface area (Å²) in [6, 6.07) is 23.6. The average Bonchev–Trinajstić information content (AvgIpc) is 2.70. The monoisotopic (exact) mass is 356 g/mol. The molecule has 1 aromatic heterocycles. The number of carbonyl (C=O) groups excluding carboxylic acids is 1. The molecule has 3 nitrogen and oxygen atoms in total. The van der Waals surface area contributed by atoms with Crippen LogP contribution in [0, 0.1) is 12.7 Å². The van der Waals surface area contributed by atoms with E-state index in [4.69, 9.17) is 4.98 Å². The molecule has 4 heteroatoms. The lowest BCUT2D eigenvalue weighted by molar-refractivity contribution is 0.102. The molecule has 0 radical (unpaired) electrons. The van der Waals surface area contributed by atoms with E-state index in [0.717, 1.165) is 22.2 Å². The first kappa shape index (κ1) is 16.9. The fourth-order valence-corrected chi connectivity index (χ4v) is 3.04. The molecule has 1 heterocycles. The third-order valence-electron chi connectivity index (χ3n) is 4.45. The molecule has 1 N–H and O–H groups in total. The van der Waals surface area contributed by atoms with Gasteiger partial charge in [0.2, 0.25) is 0 Å². The number of para-hydroxylation sites is 1. The predicted octanol–water partition coefficient (Wildman–Crippen LogP) is 5.60. The number of halogens is 1. The number of hydrogen-bond donors (Lipinski definition) is 1. The molecule has 0 atom stereocenters. The molecule has 1 amide bonds. The molecule has 0 aliphatic carbocycles. The van der Waals surface area contributed by atoms with E-state index in [1.165, 1.54) is 6.07 Å². The van der Waals surface area contributed by atoms with Crippen molar-refractivity contribution in [3.8, 4) is 11.3 Å². The van der Waals surface area contributed by atoms with Gasteiger partial charge in [0, 0.05) is 16.6 Å². The van der Waals surface area contributed by atoms with Gasteiger partial charge in [0.1, 0.15) is 5.82 Å². The van der Waals surface area contributed by atoms with E-state index < -0.39 is 0 Å². The maximum Gasteiger partial charge on any atom is 0.256 e. The largest absolute Gasteiger partial charge is 0.322 e. The molecule has 3 aromatic carbocycles. The molecule has 27 heavy (non-hydrogen) atoms. The highest BCUT2D eigenvalue weighted by molar-refractivity contribution is 6.13. The highest BCUT2D eigenvalue weighted by Gasteiger charge is 2.14. The second-order valence-corrected chi connectivity index (χ2v) is 6.36. The van der Waals surface area contributed by atoms with Crippen LogP contribution in [0.3, 0.4) is 0 Å². The second kappa shape index (κ2) is 7.00.